The van der Waals surface area contributed by atoms with Crippen LogP contribution in [0.2, 0.25) is 0 Å². The highest BCUT2D eigenvalue weighted by Crippen LogP contribution is 2.47. The van der Waals surface area contributed by atoms with Crippen molar-refractivity contribution in [3.63, 3.8) is 0 Å². The molecule has 0 aliphatic carbocycles. The van der Waals surface area contributed by atoms with E-state index in [9.17, 15) is 9.18 Å². The molecule has 0 saturated carbocycles. The van der Waals surface area contributed by atoms with Gasteiger partial charge in [-0.1, -0.05) is 48.2 Å². The number of halogens is 1. The predicted molar refractivity (Wildman–Crippen MR) is 110 cm³/mol. The maximum Gasteiger partial charge on any atom is 0.308 e. The molecule has 0 aromatic heterocycles. The van der Waals surface area contributed by atoms with Crippen LogP contribution in [0.3, 0.4) is 0 Å². The van der Waals surface area contributed by atoms with E-state index in [0.29, 0.717) is 6.54 Å². The van der Waals surface area contributed by atoms with E-state index in [1.807, 2.05) is 24.3 Å². The van der Waals surface area contributed by atoms with Crippen molar-refractivity contribution in [2.75, 3.05) is 11.4 Å². The van der Waals surface area contributed by atoms with Gasteiger partial charge in [-0.3, -0.25) is 4.79 Å². The molecule has 1 aliphatic heterocycles. The molecule has 1 heterocycles. The maximum absolute atomic E-state index is 13.1. The van der Waals surface area contributed by atoms with Gasteiger partial charge in [0.2, 0.25) is 0 Å². The molecule has 3 aromatic rings. The summed E-state index contributed by atoms with van der Waals surface area (Å²) in [7, 11) is 0. The lowest BCUT2D eigenvalue weighted by atomic mass is 10.1. The topological polar surface area (TPSA) is 29.5 Å². The minimum Gasteiger partial charge on any atom is -0.458 e. The first-order valence-electron chi connectivity index (χ1n) is 9.20. The molecule has 0 N–H and O–H groups in total. The Bertz CT molecular complexity index is 944. The zero-order valence-corrected chi connectivity index (χ0v) is 16.3. The lowest BCUT2D eigenvalue weighted by Gasteiger charge is -2.32. The maximum atomic E-state index is 13.1. The molecule has 3 aromatic carbocycles. The third kappa shape index (κ3) is 3.90. The number of hydrogen-bond donors (Lipinski definition) is 0. The Morgan fingerprint density at radius 2 is 1.54 bits per heavy atom. The summed E-state index contributed by atoms with van der Waals surface area (Å²) in [6, 6.07) is 22.4. The van der Waals surface area contributed by atoms with E-state index in [4.69, 9.17) is 4.74 Å². The molecule has 4 rings (SSSR count). The number of anilines is 2. The first-order chi connectivity index (χ1) is 13.6. The fourth-order valence-corrected chi connectivity index (χ4v) is 4.38. The lowest BCUT2D eigenvalue weighted by molar-refractivity contribution is -0.148. The zero-order chi connectivity index (χ0) is 19.5. The van der Waals surface area contributed by atoms with E-state index >= 15 is 0 Å². The number of esters is 1. The van der Waals surface area contributed by atoms with Crippen LogP contribution in [0.15, 0.2) is 82.6 Å². The van der Waals surface area contributed by atoms with Crippen molar-refractivity contribution in [2.45, 2.75) is 29.2 Å². The van der Waals surface area contributed by atoms with Crippen molar-refractivity contribution in [1.82, 2.24) is 0 Å². The van der Waals surface area contributed by atoms with Gasteiger partial charge in [0.25, 0.3) is 0 Å². The van der Waals surface area contributed by atoms with Crippen molar-refractivity contribution < 1.29 is 13.9 Å². The molecule has 0 spiro atoms. The molecule has 1 aliphatic rings. The Balaban J connectivity index is 1.46. The van der Waals surface area contributed by atoms with E-state index in [0.717, 1.165) is 16.9 Å². The number of benzene rings is 3. The van der Waals surface area contributed by atoms with E-state index in [1.165, 1.54) is 21.9 Å². The lowest BCUT2D eigenvalue weighted by Crippen LogP contribution is -2.24. The molecule has 0 saturated heterocycles. The van der Waals surface area contributed by atoms with Gasteiger partial charge in [0.05, 0.1) is 17.8 Å². The van der Waals surface area contributed by atoms with Gasteiger partial charge in [-0.25, -0.2) is 4.39 Å². The van der Waals surface area contributed by atoms with Gasteiger partial charge in [0.15, 0.2) is 0 Å². The molecule has 1 atom stereocenters. The highest BCUT2D eigenvalue weighted by Gasteiger charge is 2.23. The summed E-state index contributed by atoms with van der Waals surface area (Å²) in [5.41, 5.74) is 2.98. The highest BCUT2D eigenvalue weighted by molar-refractivity contribution is 7.99. The van der Waals surface area contributed by atoms with E-state index < -0.39 is 6.10 Å². The number of carbonyl (C=O) groups excluding carboxylic acids is 1. The second-order valence-corrected chi connectivity index (χ2v) is 7.71. The minimum atomic E-state index is -0.412. The number of ether oxygens (including phenoxy) is 1. The van der Waals surface area contributed by atoms with Crippen molar-refractivity contribution >= 4 is 29.1 Å². The number of rotatable bonds is 5. The number of hydrogen-bond acceptors (Lipinski definition) is 4. The SMILES string of the molecule is C[C@@H](OC(=O)CCN1c2ccccc2Sc2ccccc21)c1ccc(F)cc1. The summed E-state index contributed by atoms with van der Waals surface area (Å²) in [4.78, 5) is 17.0. The van der Waals surface area contributed by atoms with Crippen molar-refractivity contribution in [3.05, 3.63) is 84.2 Å². The van der Waals surface area contributed by atoms with Crippen LogP contribution in [-0.2, 0) is 9.53 Å². The number of nitrogens with zero attached hydrogens (tertiary/aromatic N) is 1. The van der Waals surface area contributed by atoms with Crippen molar-refractivity contribution in [3.8, 4) is 0 Å². The predicted octanol–water partition coefficient (Wildman–Crippen LogP) is 6.12. The van der Waals surface area contributed by atoms with Gasteiger partial charge >= 0.3 is 5.97 Å². The Hall–Kier alpha value is -2.79. The molecule has 142 valence electrons. The van der Waals surface area contributed by atoms with Gasteiger partial charge in [0, 0.05) is 16.3 Å². The summed E-state index contributed by atoms with van der Waals surface area (Å²) in [6.45, 7) is 2.33. The third-order valence-electron chi connectivity index (χ3n) is 4.72. The molecule has 0 amide bonds. The van der Waals surface area contributed by atoms with Crippen LogP contribution in [0.4, 0.5) is 15.8 Å². The smallest absolute Gasteiger partial charge is 0.308 e. The fourth-order valence-electron chi connectivity index (χ4n) is 3.28. The molecular weight excluding hydrogens is 373 g/mol. The minimum absolute atomic E-state index is 0.263. The first kappa shape index (κ1) is 18.6. The van der Waals surface area contributed by atoms with Crippen LogP contribution < -0.4 is 4.90 Å². The first-order valence-corrected chi connectivity index (χ1v) is 10.0. The molecule has 3 nitrogen and oxygen atoms in total. The quantitative estimate of drug-likeness (QED) is 0.488. The van der Waals surface area contributed by atoms with E-state index in [-0.39, 0.29) is 18.2 Å². The van der Waals surface area contributed by atoms with Gasteiger partial charge in [-0.05, 0) is 48.9 Å². The molecule has 0 fully saturated rings. The average Bonchev–Trinajstić information content (AvgIpc) is 2.71. The summed E-state index contributed by atoms with van der Waals surface area (Å²) >= 11 is 1.74. The summed E-state index contributed by atoms with van der Waals surface area (Å²) in [5.74, 6) is -0.576. The third-order valence-corrected chi connectivity index (χ3v) is 5.85. The summed E-state index contributed by atoms with van der Waals surface area (Å²) in [6.07, 6.45) is -0.150. The van der Waals surface area contributed by atoms with Crippen LogP contribution in [0.5, 0.6) is 0 Å². The van der Waals surface area contributed by atoms with Crippen LogP contribution in [0.25, 0.3) is 0 Å². The van der Waals surface area contributed by atoms with Gasteiger partial charge in [-0.2, -0.15) is 0 Å². The Kier molecular flexibility index (Phi) is 5.35. The van der Waals surface area contributed by atoms with E-state index in [2.05, 4.69) is 29.2 Å². The largest absolute Gasteiger partial charge is 0.458 e. The monoisotopic (exact) mass is 393 g/mol. The molecule has 0 unspecified atom stereocenters. The second kappa shape index (κ2) is 8.07. The fraction of sp³-hybridized carbons (Fsp3) is 0.174. The van der Waals surface area contributed by atoms with Crippen LogP contribution in [0, 0.1) is 5.82 Å². The standard InChI is InChI=1S/C23H20FNO2S/c1-16(17-10-12-18(24)13-11-17)27-23(26)14-15-25-19-6-2-4-8-21(19)28-22-9-5-3-7-20(22)25/h2-13,16H,14-15H2,1H3/t16-/m1/s1. The van der Waals surface area contributed by atoms with Crippen LogP contribution in [0.1, 0.15) is 25.0 Å². The van der Waals surface area contributed by atoms with E-state index in [1.54, 1.807) is 30.8 Å². The molecular formula is C23H20FNO2S. The van der Waals surface area contributed by atoms with Crippen molar-refractivity contribution in [2.24, 2.45) is 0 Å². The van der Waals surface area contributed by atoms with Crippen molar-refractivity contribution in [1.29, 1.82) is 0 Å². The van der Waals surface area contributed by atoms with Gasteiger partial charge < -0.3 is 9.64 Å². The highest BCUT2D eigenvalue weighted by atomic mass is 32.2. The number of para-hydroxylation sites is 2. The molecule has 5 heteroatoms. The molecule has 0 radical (unpaired) electrons. The molecule has 0 bridgehead atoms. The Labute approximate surface area is 168 Å². The number of carbonyl (C=O) groups is 1. The molecule has 28 heavy (non-hydrogen) atoms. The van der Waals surface area contributed by atoms with Crippen LogP contribution >= 0.6 is 11.8 Å². The van der Waals surface area contributed by atoms with Gasteiger partial charge in [-0.15, -0.1) is 0 Å². The summed E-state index contributed by atoms with van der Waals surface area (Å²) in [5, 5.41) is 0. The Morgan fingerprint density at radius 3 is 2.14 bits per heavy atom. The van der Waals surface area contributed by atoms with Gasteiger partial charge in [0.1, 0.15) is 11.9 Å². The normalized spacial score (nSPS) is 13.4. The zero-order valence-electron chi connectivity index (χ0n) is 15.5. The second-order valence-electron chi connectivity index (χ2n) is 6.62. The van der Waals surface area contributed by atoms with Crippen LogP contribution in [-0.4, -0.2) is 12.5 Å². The average molecular weight is 393 g/mol. The Morgan fingerprint density at radius 1 is 0.964 bits per heavy atom. The summed E-state index contributed by atoms with van der Waals surface area (Å²) < 4.78 is 18.6. The number of fused-ring (bicyclic) bond motifs is 2.